The predicted molar refractivity (Wildman–Crippen MR) is 124 cm³/mol. The zero-order valence-corrected chi connectivity index (χ0v) is 18.7. The zero-order chi connectivity index (χ0) is 21.5. The van der Waals surface area contributed by atoms with E-state index < -0.39 is 5.82 Å². The number of fused-ring (bicyclic) bond motifs is 3. The van der Waals surface area contributed by atoms with Crippen molar-refractivity contribution in [1.82, 2.24) is 10.2 Å². The molecule has 1 aromatic carbocycles. The van der Waals surface area contributed by atoms with Crippen LogP contribution in [0.5, 0.6) is 0 Å². The summed E-state index contributed by atoms with van der Waals surface area (Å²) in [6, 6.07) is 4.54. The van der Waals surface area contributed by atoms with Crippen molar-refractivity contribution in [1.29, 1.82) is 0 Å². The summed E-state index contributed by atoms with van der Waals surface area (Å²) in [6.07, 6.45) is 3.80. The Morgan fingerprint density at radius 2 is 2.26 bits per heavy atom. The molecule has 5 rings (SSSR count). The van der Waals surface area contributed by atoms with E-state index in [2.05, 4.69) is 21.6 Å². The van der Waals surface area contributed by atoms with E-state index in [-0.39, 0.29) is 17.6 Å². The summed E-state index contributed by atoms with van der Waals surface area (Å²) in [6.45, 7) is 3.54. The standard InChI is InChI=1S/C22H23ClFN5OS/c1-28-8-2-3-13(11-28)21(30)29-12-26-20(27-14-4-5-17(24)16(23)9-14)19-15-6-7-25-10-18(15)31-22(19)29/h3-5,9,25H,2,6-8,10-12H2,1H3,(H,26,27). The molecule has 3 aliphatic rings. The van der Waals surface area contributed by atoms with Gasteiger partial charge in [0.2, 0.25) is 0 Å². The van der Waals surface area contributed by atoms with E-state index in [1.54, 1.807) is 28.4 Å². The van der Waals surface area contributed by atoms with Gasteiger partial charge in [0, 0.05) is 35.8 Å². The maximum Gasteiger partial charge on any atom is 0.257 e. The third kappa shape index (κ3) is 3.89. The number of carbonyl (C=O) groups is 1. The van der Waals surface area contributed by atoms with Gasteiger partial charge < -0.3 is 15.5 Å². The molecule has 0 fully saturated rings. The highest BCUT2D eigenvalue weighted by atomic mass is 35.5. The second kappa shape index (κ2) is 8.35. The highest BCUT2D eigenvalue weighted by Gasteiger charge is 2.34. The maximum atomic E-state index is 13.6. The van der Waals surface area contributed by atoms with Crippen LogP contribution in [0.1, 0.15) is 22.4 Å². The predicted octanol–water partition coefficient (Wildman–Crippen LogP) is 3.61. The van der Waals surface area contributed by atoms with Crippen molar-refractivity contribution in [2.24, 2.45) is 4.99 Å². The van der Waals surface area contributed by atoms with Gasteiger partial charge in [-0.2, -0.15) is 0 Å². The minimum atomic E-state index is -0.458. The number of thiophene rings is 1. The quantitative estimate of drug-likeness (QED) is 0.720. The van der Waals surface area contributed by atoms with Crippen molar-refractivity contribution in [3.8, 4) is 0 Å². The number of nitrogens with zero attached hydrogens (tertiary/aromatic N) is 3. The maximum absolute atomic E-state index is 13.6. The molecule has 9 heteroatoms. The van der Waals surface area contributed by atoms with Crippen molar-refractivity contribution in [2.75, 3.05) is 43.6 Å². The molecule has 1 amide bonds. The van der Waals surface area contributed by atoms with Crippen LogP contribution < -0.4 is 15.5 Å². The smallest absolute Gasteiger partial charge is 0.257 e. The van der Waals surface area contributed by atoms with Gasteiger partial charge in [-0.15, -0.1) is 11.3 Å². The van der Waals surface area contributed by atoms with Crippen molar-refractivity contribution >= 4 is 45.4 Å². The van der Waals surface area contributed by atoms with E-state index in [1.165, 1.54) is 16.5 Å². The van der Waals surface area contributed by atoms with E-state index in [0.717, 1.165) is 48.6 Å². The number of halogens is 2. The molecular weight excluding hydrogens is 437 g/mol. The van der Waals surface area contributed by atoms with Crippen LogP contribution in [-0.2, 0) is 17.8 Å². The fraction of sp³-hybridized carbons (Fsp3) is 0.364. The van der Waals surface area contributed by atoms with Gasteiger partial charge in [-0.1, -0.05) is 17.7 Å². The number of amides is 1. The third-order valence-corrected chi connectivity index (χ3v) is 7.35. The monoisotopic (exact) mass is 459 g/mol. The lowest BCUT2D eigenvalue weighted by Gasteiger charge is -2.30. The number of likely N-dealkylation sites (N-methyl/N-ethyl adjacent to an activating group) is 1. The van der Waals surface area contributed by atoms with Crippen LogP contribution in [0.15, 0.2) is 34.8 Å². The summed E-state index contributed by atoms with van der Waals surface area (Å²) in [4.78, 5) is 23.3. The molecule has 0 aliphatic carbocycles. The lowest BCUT2D eigenvalue weighted by Crippen LogP contribution is -2.40. The number of carbonyl (C=O) groups excluding carboxylic acids is 1. The first-order valence-electron chi connectivity index (χ1n) is 10.3. The Kier molecular flexibility index (Phi) is 5.56. The zero-order valence-electron chi connectivity index (χ0n) is 17.2. The second-order valence-electron chi connectivity index (χ2n) is 8.00. The molecular formula is C22H23ClFN5OS. The molecule has 0 bridgehead atoms. The number of aliphatic imine (C=N–C) groups is 1. The summed E-state index contributed by atoms with van der Waals surface area (Å²) in [5.41, 5.74) is 3.69. The summed E-state index contributed by atoms with van der Waals surface area (Å²) in [5.74, 6) is 0.267. The number of hydrogen-bond donors (Lipinski definition) is 2. The second-order valence-corrected chi connectivity index (χ2v) is 9.49. The molecule has 0 saturated heterocycles. The number of nitrogens with one attached hydrogen (secondary N) is 2. The van der Waals surface area contributed by atoms with Crippen LogP contribution in [0.3, 0.4) is 0 Å². The number of benzene rings is 1. The first-order valence-corrected chi connectivity index (χ1v) is 11.5. The van der Waals surface area contributed by atoms with E-state index in [9.17, 15) is 9.18 Å². The molecule has 6 nitrogen and oxygen atoms in total. The minimum absolute atomic E-state index is 0.0204. The van der Waals surface area contributed by atoms with Gasteiger partial charge in [0.1, 0.15) is 23.3 Å². The Balaban J connectivity index is 1.52. The van der Waals surface area contributed by atoms with Crippen LogP contribution in [-0.4, -0.2) is 50.0 Å². The van der Waals surface area contributed by atoms with Crippen LogP contribution in [0.25, 0.3) is 0 Å². The van der Waals surface area contributed by atoms with E-state index >= 15 is 0 Å². The van der Waals surface area contributed by atoms with Gasteiger partial charge in [0.15, 0.2) is 0 Å². The average Bonchev–Trinajstić information content (AvgIpc) is 3.16. The molecule has 0 spiro atoms. The molecule has 0 atom stereocenters. The summed E-state index contributed by atoms with van der Waals surface area (Å²) in [5, 5.41) is 7.71. The number of hydrogen-bond acceptors (Lipinski definition) is 6. The third-order valence-electron chi connectivity index (χ3n) is 5.81. The molecule has 31 heavy (non-hydrogen) atoms. The molecule has 1 aromatic heterocycles. The molecule has 2 aromatic rings. The average molecular weight is 460 g/mol. The minimum Gasteiger partial charge on any atom is -0.340 e. The number of rotatable bonds is 2. The molecule has 3 aliphatic heterocycles. The Morgan fingerprint density at radius 1 is 1.39 bits per heavy atom. The van der Waals surface area contributed by atoms with Gasteiger partial charge in [-0.05, 0) is 50.2 Å². The number of amidine groups is 1. The highest BCUT2D eigenvalue weighted by Crippen LogP contribution is 2.41. The van der Waals surface area contributed by atoms with Crippen LogP contribution in [0.4, 0.5) is 15.1 Å². The lowest BCUT2D eigenvalue weighted by atomic mass is 10.0. The van der Waals surface area contributed by atoms with E-state index in [1.807, 2.05) is 7.05 Å². The van der Waals surface area contributed by atoms with Crippen LogP contribution in [0, 0.1) is 5.82 Å². The molecule has 162 valence electrons. The van der Waals surface area contributed by atoms with E-state index in [4.69, 9.17) is 16.6 Å². The summed E-state index contributed by atoms with van der Waals surface area (Å²) in [7, 11) is 2.03. The highest BCUT2D eigenvalue weighted by molar-refractivity contribution is 7.17. The first-order chi connectivity index (χ1) is 15.0. The van der Waals surface area contributed by atoms with Crippen molar-refractivity contribution in [3.63, 3.8) is 0 Å². The van der Waals surface area contributed by atoms with Crippen LogP contribution >= 0.6 is 22.9 Å². The lowest BCUT2D eigenvalue weighted by molar-refractivity contribution is -0.115. The van der Waals surface area contributed by atoms with Gasteiger partial charge in [-0.3, -0.25) is 9.69 Å². The van der Waals surface area contributed by atoms with Gasteiger partial charge in [-0.25, -0.2) is 9.38 Å². The molecule has 0 radical (unpaired) electrons. The molecule has 0 unspecified atom stereocenters. The summed E-state index contributed by atoms with van der Waals surface area (Å²) >= 11 is 7.62. The van der Waals surface area contributed by atoms with Crippen molar-refractivity contribution in [3.05, 3.63) is 56.7 Å². The Labute approximate surface area is 189 Å². The number of anilines is 2. The Hall–Kier alpha value is -2.26. The van der Waals surface area contributed by atoms with Crippen molar-refractivity contribution < 1.29 is 9.18 Å². The van der Waals surface area contributed by atoms with Gasteiger partial charge in [0.05, 0.1) is 10.6 Å². The molecule has 2 N–H and O–H groups in total. The SMILES string of the molecule is CN1CCC=C(C(=O)N2CN=C(Nc3ccc(F)c(Cl)c3)c3c2sc2c3CCNC2)C1. The van der Waals surface area contributed by atoms with Crippen LogP contribution in [0.2, 0.25) is 5.02 Å². The first kappa shape index (κ1) is 20.6. The summed E-state index contributed by atoms with van der Waals surface area (Å²) < 4.78 is 13.6. The Bertz CT molecular complexity index is 1110. The van der Waals surface area contributed by atoms with Gasteiger partial charge in [0.25, 0.3) is 5.91 Å². The van der Waals surface area contributed by atoms with Crippen molar-refractivity contribution in [2.45, 2.75) is 19.4 Å². The fourth-order valence-electron chi connectivity index (χ4n) is 4.23. The molecule has 0 saturated carbocycles. The normalized spacial score (nSPS) is 18.7. The van der Waals surface area contributed by atoms with Gasteiger partial charge >= 0.3 is 0 Å². The molecule has 4 heterocycles. The van der Waals surface area contributed by atoms with E-state index in [0.29, 0.717) is 18.1 Å². The topological polar surface area (TPSA) is 60.0 Å². The largest absolute Gasteiger partial charge is 0.340 e. The Morgan fingerprint density at radius 3 is 3.06 bits per heavy atom. The fourth-order valence-corrected chi connectivity index (χ4v) is 5.72.